The van der Waals surface area contributed by atoms with Crippen molar-refractivity contribution < 1.29 is 18.7 Å². The molecule has 1 N–H and O–H groups in total. The lowest BCUT2D eigenvalue weighted by Crippen LogP contribution is -2.37. The first-order valence-corrected chi connectivity index (χ1v) is 9.22. The van der Waals surface area contributed by atoms with Crippen LogP contribution in [0.4, 0.5) is 0 Å². The zero-order valence-electron chi connectivity index (χ0n) is 15.4. The molecule has 2 atom stereocenters. The van der Waals surface area contributed by atoms with Crippen LogP contribution in [0.3, 0.4) is 0 Å². The Hall–Kier alpha value is -2.83. The van der Waals surface area contributed by atoms with Crippen molar-refractivity contribution >= 4 is 22.8 Å². The predicted molar refractivity (Wildman–Crippen MR) is 98.7 cm³/mol. The SMILES string of the molecule is CCc1cc(=O)oc2cc(C)cc(OCC(=O)N3C[C@@H]4CC(=O)N[C@@H]4C3)c12. The van der Waals surface area contributed by atoms with E-state index < -0.39 is 5.63 Å². The molecule has 2 aromatic rings. The van der Waals surface area contributed by atoms with Crippen molar-refractivity contribution in [3.05, 3.63) is 39.7 Å². The van der Waals surface area contributed by atoms with Crippen LogP contribution in [0.15, 0.2) is 27.4 Å². The minimum Gasteiger partial charge on any atom is -0.483 e. The topological polar surface area (TPSA) is 88.8 Å². The van der Waals surface area contributed by atoms with Gasteiger partial charge in [-0.1, -0.05) is 6.92 Å². The van der Waals surface area contributed by atoms with Gasteiger partial charge in [0.25, 0.3) is 5.91 Å². The largest absolute Gasteiger partial charge is 0.483 e. The Bertz CT molecular complexity index is 964. The molecule has 0 unspecified atom stereocenters. The van der Waals surface area contributed by atoms with Crippen LogP contribution in [0.25, 0.3) is 11.0 Å². The van der Waals surface area contributed by atoms with Crippen molar-refractivity contribution in [1.82, 2.24) is 10.2 Å². The summed E-state index contributed by atoms with van der Waals surface area (Å²) < 4.78 is 11.2. The van der Waals surface area contributed by atoms with Crippen LogP contribution in [0, 0.1) is 12.8 Å². The third-order valence-electron chi connectivity index (χ3n) is 5.35. The molecule has 0 bridgehead atoms. The number of amides is 2. The second-order valence-corrected chi connectivity index (χ2v) is 7.31. The van der Waals surface area contributed by atoms with Crippen molar-refractivity contribution in [3.8, 4) is 5.75 Å². The molecule has 0 spiro atoms. The summed E-state index contributed by atoms with van der Waals surface area (Å²) in [5, 5.41) is 3.65. The minimum absolute atomic E-state index is 0.0576. The van der Waals surface area contributed by atoms with Crippen molar-refractivity contribution in [2.75, 3.05) is 19.7 Å². The molecule has 0 radical (unpaired) electrons. The summed E-state index contributed by atoms with van der Waals surface area (Å²) in [4.78, 5) is 37.5. The highest BCUT2D eigenvalue weighted by Crippen LogP contribution is 2.31. The summed E-state index contributed by atoms with van der Waals surface area (Å²) in [7, 11) is 0. The van der Waals surface area contributed by atoms with Crippen LogP contribution in [0.5, 0.6) is 5.75 Å². The minimum atomic E-state index is -0.391. The van der Waals surface area contributed by atoms with Gasteiger partial charge in [0, 0.05) is 31.5 Å². The number of hydrogen-bond donors (Lipinski definition) is 1. The molecular formula is C20H22N2O5. The van der Waals surface area contributed by atoms with Gasteiger partial charge in [0.1, 0.15) is 11.3 Å². The summed E-state index contributed by atoms with van der Waals surface area (Å²) in [6.07, 6.45) is 1.14. The number of nitrogens with one attached hydrogen (secondary N) is 1. The third-order valence-corrected chi connectivity index (χ3v) is 5.35. The molecule has 1 aromatic heterocycles. The fourth-order valence-corrected chi connectivity index (χ4v) is 4.04. The van der Waals surface area contributed by atoms with Crippen LogP contribution in [-0.4, -0.2) is 42.5 Å². The Morgan fingerprint density at radius 3 is 2.85 bits per heavy atom. The van der Waals surface area contributed by atoms with Crippen LogP contribution < -0.4 is 15.7 Å². The molecule has 7 nitrogen and oxygen atoms in total. The van der Waals surface area contributed by atoms with Gasteiger partial charge in [0.2, 0.25) is 5.91 Å². The quantitative estimate of drug-likeness (QED) is 0.822. The molecule has 142 valence electrons. The van der Waals surface area contributed by atoms with Gasteiger partial charge in [-0.15, -0.1) is 0 Å². The molecule has 7 heteroatoms. The molecule has 2 amide bonds. The number of rotatable bonds is 4. The van der Waals surface area contributed by atoms with Gasteiger partial charge in [-0.05, 0) is 36.6 Å². The Morgan fingerprint density at radius 2 is 2.11 bits per heavy atom. The fraction of sp³-hybridized carbons (Fsp3) is 0.450. The number of carbonyl (C=O) groups excluding carboxylic acids is 2. The van der Waals surface area contributed by atoms with Gasteiger partial charge in [-0.25, -0.2) is 4.79 Å². The van der Waals surface area contributed by atoms with Gasteiger partial charge in [-0.3, -0.25) is 9.59 Å². The molecule has 0 aliphatic carbocycles. The van der Waals surface area contributed by atoms with E-state index in [1.165, 1.54) is 6.07 Å². The second kappa shape index (κ2) is 6.72. The first kappa shape index (κ1) is 17.6. The van der Waals surface area contributed by atoms with Crippen LogP contribution >= 0.6 is 0 Å². The average molecular weight is 370 g/mol. The molecule has 2 aliphatic heterocycles. The maximum absolute atomic E-state index is 12.6. The molecule has 2 aliphatic rings. The van der Waals surface area contributed by atoms with E-state index in [2.05, 4.69) is 5.32 Å². The molecule has 3 heterocycles. The molecule has 1 aromatic carbocycles. The van der Waals surface area contributed by atoms with Crippen molar-refractivity contribution in [2.24, 2.45) is 5.92 Å². The van der Waals surface area contributed by atoms with E-state index in [4.69, 9.17) is 9.15 Å². The molecule has 27 heavy (non-hydrogen) atoms. The highest BCUT2D eigenvalue weighted by atomic mass is 16.5. The number of nitrogens with zero attached hydrogens (tertiary/aromatic N) is 1. The lowest BCUT2D eigenvalue weighted by atomic mass is 10.1. The number of carbonyl (C=O) groups is 2. The monoisotopic (exact) mass is 370 g/mol. The molecule has 0 saturated carbocycles. The summed E-state index contributed by atoms with van der Waals surface area (Å²) in [5.74, 6) is 0.700. The fourth-order valence-electron chi connectivity index (χ4n) is 4.04. The van der Waals surface area contributed by atoms with Gasteiger partial charge in [0.15, 0.2) is 6.61 Å². The standard InChI is InChI=1S/C20H22N2O5/c1-3-12-7-19(25)27-16-5-11(2)4-15(20(12)16)26-10-18(24)22-8-13-6-17(23)21-14(13)9-22/h4-5,7,13-14H,3,6,8-10H2,1-2H3,(H,21,23)/t13-,14+/m0/s1. The number of fused-ring (bicyclic) bond motifs is 2. The maximum Gasteiger partial charge on any atom is 0.336 e. The highest BCUT2D eigenvalue weighted by Gasteiger charge is 2.41. The van der Waals surface area contributed by atoms with Crippen molar-refractivity contribution in [2.45, 2.75) is 32.7 Å². The first-order chi connectivity index (χ1) is 12.9. The average Bonchev–Trinajstić information content (AvgIpc) is 3.15. The summed E-state index contributed by atoms with van der Waals surface area (Å²) >= 11 is 0. The van der Waals surface area contributed by atoms with Crippen LogP contribution in [-0.2, 0) is 16.0 Å². The summed E-state index contributed by atoms with van der Waals surface area (Å²) in [5.41, 5.74) is 1.81. The van der Waals surface area contributed by atoms with E-state index in [0.717, 1.165) is 16.5 Å². The van der Waals surface area contributed by atoms with E-state index in [-0.39, 0.29) is 30.4 Å². The number of ether oxygens (including phenoxy) is 1. The molecular weight excluding hydrogens is 348 g/mol. The number of aryl methyl sites for hydroxylation is 2. The summed E-state index contributed by atoms with van der Waals surface area (Å²) in [6, 6.07) is 5.18. The Morgan fingerprint density at radius 1 is 1.30 bits per heavy atom. The van der Waals surface area contributed by atoms with E-state index >= 15 is 0 Å². The normalized spacial score (nSPS) is 21.4. The van der Waals surface area contributed by atoms with Crippen LogP contribution in [0.1, 0.15) is 24.5 Å². The smallest absolute Gasteiger partial charge is 0.336 e. The van der Waals surface area contributed by atoms with E-state index in [1.54, 1.807) is 11.0 Å². The van der Waals surface area contributed by atoms with E-state index in [1.807, 2.05) is 19.9 Å². The highest BCUT2D eigenvalue weighted by molar-refractivity contribution is 5.88. The van der Waals surface area contributed by atoms with Crippen LogP contribution in [0.2, 0.25) is 0 Å². The van der Waals surface area contributed by atoms with Gasteiger partial charge >= 0.3 is 5.63 Å². The molecule has 2 fully saturated rings. The number of benzene rings is 1. The van der Waals surface area contributed by atoms with E-state index in [9.17, 15) is 14.4 Å². The number of likely N-dealkylation sites (tertiary alicyclic amines) is 1. The first-order valence-electron chi connectivity index (χ1n) is 9.22. The maximum atomic E-state index is 12.6. The van der Waals surface area contributed by atoms with Crippen molar-refractivity contribution in [1.29, 1.82) is 0 Å². The second-order valence-electron chi connectivity index (χ2n) is 7.31. The number of hydrogen-bond acceptors (Lipinski definition) is 5. The molecule has 4 rings (SSSR count). The van der Waals surface area contributed by atoms with E-state index in [0.29, 0.717) is 37.3 Å². The van der Waals surface area contributed by atoms with Gasteiger partial charge in [-0.2, -0.15) is 0 Å². The zero-order valence-corrected chi connectivity index (χ0v) is 15.4. The zero-order chi connectivity index (χ0) is 19.1. The lowest BCUT2D eigenvalue weighted by Gasteiger charge is -2.18. The van der Waals surface area contributed by atoms with Gasteiger partial charge < -0.3 is 19.4 Å². The summed E-state index contributed by atoms with van der Waals surface area (Å²) in [6.45, 7) is 4.86. The Labute approximate surface area is 156 Å². The van der Waals surface area contributed by atoms with Gasteiger partial charge in [0.05, 0.1) is 11.4 Å². The van der Waals surface area contributed by atoms with Crippen molar-refractivity contribution in [3.63, 3.8) is 0 Å². The Balaban J connectivity index is 1.53. The molecule has 2 saturated heterocycles. The predicted octanol–water partition coefficient (Wildman–Crippen LogP) is 1.39. The Kier molecular flexibility index (Phi) is 4.37. The lowest BCUT2D eigenvalue weighted by molar-refractivity contribution is -0.133. The third kappa shape index (κ3) is 3.29.